The maximum Gasteiger partial charge on any atom is 0.197 e. The third-order valence-electron chi connectivity index (χ3n) is 2.56. The number of rotatable bonds is 2. The molecule has 0 saturated heterocycles. The Morgan fingerprint density at radius 3 is 1.65 bits per heavy atom. The number of carbonyl (C=O) groups excluding carboxylic acids is 1. The lowest BCUT2D eigenvalue weighted by Gasteiger charge is -2.12. The van der Waals surface area contributed by atoms with Gasteiger partial charge in [0.05, 0.1) is 35.7 Å². The van der Waals surface area contributed by atoms with E-state index in [-0.39, 0.29) is 41.3 Å². The first-order valence-corrected chi connectivity index (χ1v) is 7.43. The van der Waals surface area contributed by atoms with E-state index in [0.717, 1.165) is 0 Å². The smallest absolute Gasteiger partial charge is 0.197 e. The zero-order valence-electron chi connectivity index (χ0n) is 9.49. The molecule has 0 N–H and O–H groups in total. The number of halogens is 6. The molecule has 0 unspecified atom stereocenters. The minimum atomic E-state index is -0.480. The van der Waals surface area contributed by atoms with Gasteiger partial charge in [-0.2, -0.15) is 0 Å². The summed E-state index contributed by atoms with van der Waals surface area (Å²) in [6.45, 7) is 0. The van der Waals surface area contributed by atoms with E-state index in [9.17, 15) is 4.79 Å². The average Bonchev–Trinajstić information content (AvgIpc) is 2.43. The van der Waals surface area contributed by atoms with E-state index in [0.29, 0.717) is 0 Å². The summed E-state index contributed by atoms with van der Waals surface area (Å²) in [6, 6.07) is 6.49. The predicted molar refractivity (Wildman–Crippen MR) is 86.4 cm³/mol. The van der Waals surface area contributed by atoms with Crippen molar-refractivity contribution in [3.05, 3.63) is 65.5 Å². The van der Waals surface area contributed by atoms with Gasteiger partial charge in [-0.05, 0) is 12.1 Å². The summed E-state index contributed by atoms with van der Waals surface area (Å²) in [7, 11) is 0. The van der Waals surface area contributed by atoms with Crippen molar-refractivity contribution in [2.24, 2.45) is 0 Å². The summed E-state index contributed by atoms with van der Waals surface area (Å²) in [5, 5.41) is 0.0918. The predicted octanol–water partition coefficient (Wildman–Crippen LogP) is 6.84. The summed E-state index contributed by atoms with van der Waals surface area (Å²) in [6.07, 6.45) is 0. The zero-order valence-corrected chi connectivity index (χ0v) is 14.0. The van der Waals surface area contributed by atoms with Gasteiger partial charge in [0, 0.05) is 5.56 Å². The van der Waals surface area contributed by atoms with Gasteiger partial charge in [0.1, 0.15) is 0 Å². The monoisotopic (exact) mass is 386 g/mol. The highest BCUT2D eigenvalue weighted by molar-refractivity contribution is 6.57. The van der Waals surface area contributed by atoms with Crippen LogP contribution in [0.3, 0.4) is 0 Å². The van der Waals surface area contributed by atoms with Crippen molar-refractivity contribution >= 4 is 75.4 Å². The highest BCUT2D eigenvalue weighted by atomic mass is 35.5. The first-order valence-electron chi connectivity index (χ1n) is 5.17. The first kappa shape index (κ1) is 16.2. The molecule has 7 heteroatoms. The van der Waals surface area contributed by atoms with Crippen LogP contribution in [0.5, 0.6) is 0 Å². The largest absolute Gasteiger partial charge is 0.288 e. The van der Waals surface area contributed by atoms with Crippen LogP contribution in [-0.2, 0) is 0 Å². The van der Waals surface area contributed by atoms with Gasteiger partial charge in [0.25, 0.3) is 0 Å². The van der Waals surface area contributed by atoms with Crippen LogP contribution in [0.25, 0.3) is 0 Å². The average molecular weight is 389 g/mol. The lowest BCUT2D eigenvalue weighted by Crippen LogP contribution is -2.05. The van der Waals surface area contributed by atoms with Crippen molar-refractivity contribution in [3.8, 4) is 0 Å². The molecular formula is C13H4Cl6O. The van der Waals surface area contributed by atoms with Gasteiger partial charge in [-0.25, -0.2) is 0 Å². The van der Waals surface area contributed by atoms with Gasteiger partial charge in [0.15, 0.2) is 5.78 Å². The van der Waals surface area contributed by atoms with Crippen molar-refractivity contribution in [2.45, 2.75) is 0 Å². The molecular weight excluding hydrogens is 385 g/mol. The van der Waals surface area contributed by atoms with Crippen molar-refractivity contribution in [2.75, 3.05) is 0 Å². The molecule has 0 saturated carbocycles. The Hall–Kier alpha value is -0.150. The van der Waals surface area contributed by atoms with E-state index in [2.05, 4.69) is 0 Å². The van der Waals surface area contributed by atoms with Gasteiger partial charge < -0.3 is 0 Å². The Bertz CT molecular complexity index is 681. The highest BCUT2D eigenvalue weighted by Crippen LogP contribution is 2.44. The molecule has 0 radical (unpaired) electrons. The van der Waals surface area contributed by atoms with E-state index in [1.807, 2.05) is 0 Å². The van der Waals surface area contributed by atoms with Crippen molar-refractivity contribution < 1.29 is 4.79 Å². The Labute approximate surface area is 145 Å². The van der Waals surface area contributed by atoms with E-state index >= 15 is 0 Å². The van der Waals surface area contributed by atoms with Crippen LogP contribution in [0.4, 0.5) is 0 Å². The highest BCUT2D eigenvalue weighted by Gasteiger charge is 2.25. The topological polar surface area (TPSA) is 17.1 Å². The second kappa shape index (κ2) is 6.31. The lowest BCUT2D eigenvalue weighted by atomic mass is 10.0. The fourth-order valence-corrected chi connectivity index (χ4v) is 3.12. The molecule has 0 aromatic heterocycles. The van der Waals surface area contributed by atoms with Crippen molar-refractivity contribution in [1.29, 1.82) is 0 Å². The van der Waals surface area contributed by atoms with E-state index in [4.69, 9.17) is 69.6 Å². The summed E-state index contributed by atoms with van der Waals surface area (Å²) < 4.78 is 0. The van der Waals surface area contributed by atoms with E-state index in [1.165, 1.54) is 0 Å². The second-order valence-corrected chi connectivity index (χ2v) is 6.05. The molecule has 0 bridgehead atoms. The normalized spacial score (nSPS) is 10.7. The third-order valence-corrected chi connectivity index (χ3v) is 5.16. The summed E-state index contributed by atoms with van der Waals surface area (Å²) >= 11 is 35.8. The molecule has 20 heavy (non-hydrogen) atoms. The van der Waals surface area contributed by atoms with Crippen LogP contribution >= 0.6 is 69.6 Å². The molecule has 0 aliphatic heterocycles. The molecule has 0 aliphatic rings. The van der Waals surface area contributed by atoms with Gasteiger partial charge in [-0.1, -0.05) is 81.7 Å². The summed E-state index contributed by atoms with van der Waals surface area (Å²) in [4.78, 5) is 12.5. The third kappa shape index (κ3) is 2.76. The number of hydrogen-bond acceptors (Lipinski definition) is 1. The molecule has 2 aromatic rings. The Morgan fingerprint density at radius 1 is 0.700 bits per heavy atom. The molecule has 0 heterocycles. The molecule has 104 valence electrons. The fourth-order valence-electron chi connectivity index (χ4n) is 1.58. The van der Waals surface area contributed by atoms with Crippen LogP contribution in [0.15, 0.2) is 24.3 Å². The molecule has 1 nitrogen and oxygen atoms in total. The Morgan fingerprint density at radius 2 is 1.15 bits per heavy atom. The molecule has 2 aromatic carbocycles. The maximum atomic E-state index is 12.5. The van der Waals surface area contributed by atoms with Gasteiger partial charge >= 0.3 is 0 Å². The minimum Gasteiger partial charge on any atom is -0.288 e. The van der Waals surface area contributed by atoms with Gasteiger partial charge in [-0.15, -0.1) is 0 Å². The SMILES string of the molecule is O=C(c1ccccc1Cl)c1c(Cl)c(Cl)c(Cl)c(Cl)c1Cl. The molecule has 0 atom stereocenters. The number of hydrogen-bond donors (Lipinski definition) is 0. The maximum absolute atomic E-state index is 12.5. The second-order valence-electron chi connectivity index (χ2n) is 3.75. The quantitative estimate of drug-likeness (QED) is 0.312. The molecule has 2 rings (SSSR count). The van der Waals surface area contributed by atoms with Crippen LogP contribution in [0.2, 0.25) is 30.1 Å². The van der Waals surface area contributed by atoms with Gasteiger partial charge in [-0.3, -0.25) is 4.79 Å². The fraction of sp³-hybridized carbons (Fsp3) is 0. The van der Waals surface area contributed by atoms with Crippen LogP contribution in [0, 0.1) is 0 Å². The van der Waals surface area contributed by atoms with Crippen LogP contribution in [-0.4, -0.2) is 5.78 Å². The minimum absolute atomic E-state index is 0.000887. The standard InChI is InChI=1S/C13H4Cl6O/c14-6-4-2-1-3-5(6)13(20)7-8(15)10(17)12(19)11(18)9(7)16/h1-4H. The van der Waals surface area contributed by atoms with Crippen molar-refractivity contribution in [1.82, 2.24) is 0 Å². The number of carbonyl (C=O) groups is 1. The number of benzene rings is 2. The van der Waals surface area contributed by atoms with Crippen LogP contribution in [0.1, 0.15) is 15.9 Å². The van der Waals surface area contributed by atoms with E-state index < -0.39 is 5.78 Å². The van der Waals surface area contributed by atoms with Gasteiger partial charge in [0.2, 0.25) is 0 Å². The summed E-state index contributed by atoms with van der Waals surface area (Å²) in [5.41, 5.74) is 0.216. The zero-order chi connectivity index (χ0) is 15.0. The van der Waals surface area contributed by atoms with Crippen molar-refractivity contribution in [3.63, 3.8) is 0 Å². The lowest BCUT2D eigenvalue weighted by molar-refractivity contribution is 0.103. The number of ketones is 1. The molecule has 0 aliphatic carbocycles. The first-order chi connectivity index (χ1) is 9.36. The van der Waals surface area contributed by atoms with E-state index in [1.54, 1.807) is 24.3 Å². The summed E-state index contributed by atoms with van der Waals surface area (Å²) in [5.74, 6) is -0.480. The molecule has 0 amide bonds. The van der Waals surface area contributed by atoms with Crippen LogP contribution < -0.4 is 0 Å². The molecule has 0 spiro atoms. The Balaban J connectivity index is 2.71. The molecule has 0 fully saturated rings. The Kier molecular flexibility index (Phi) is 5.12.